The SMILES string of the molecule is Cc1noc(C)c1CN(C)C(=O)Cc1ccccc1CN. The molecule has 2 rings (SSSR count). The van der Waals surface area contributed by atoms with Crippen molar-refractivity contribution in [2.24, 2.45) is 5.73 Å². The summed E-state index contributed by atoms with van der Waals surface area (Å²) in [5, 5.41) is 3.91. The van der Waals surface area contributed by atoms with Gasteiger partial charge in [0.15, 0.2) is 0 Å². The van der Waals surface area contributed by atoms with E-state index in [0.717, 1.165) is 28.1 Å². The van der Waals surface area contributed by atoms with Crippen molar-refractivity contribution in [1.82, 2.24) is 10.1 Å². The molecule has 0 fully saturated rings. The van der Waals surface area contributed by atoms with Crippen molar-refractivity contribution in [3.63, 3.8) is 0 Å². The molecular weight excluding hydrogens is 266 g/mol. The van der Waals surface area contributed by atoms with Crippen LogP contribution in [0.4, 0.5) is 0 Å². The summed E-state index contributed by atoms with van der Waals surface area (Å²) >= 11 is 0. The number of nitrogens with zero attached hydrogens (tertiary/aromatic N) is 2. The van der Waals surface area contributed by atoms with Crippen LogP contribution in [0.5, 0.6) is 0 Å². The number of amides is 1. The third-order valence-electron chi connectivity index (χ3n) is 3.68. The number of carbonyl (C=O) groups is 1. The van der Waals surface area contributed by atoms with E-state index in [-0.39, 0.29) is 5.91 Å². The quantitative estimate of drug-likeness (QED) is 0.912. The first-order valence-corrected chi connectivity index (χ1v) is 6.95. The molecule has 0 atom stereocenters. The molecule has 0 unspecified atom stereocenters. The van der Waals surface area contributed by atoms with Crippen molar-refractivity contribution < 1.29 is 9.32 Å². The van der Waals surface area contributed by atoms with Crippen LogP contribution in [0.2, 0.25) is 0 Å². The van der Waals surface area contributed by atoms with Crippen molar-refractivity contribution in [2.45, 2.75) is 33.4 Å². The van der Waals surface area contributed by atoms with Crippen molar-refractivity contribution in [2.75, 3.05) is 7.05 Å². The van der Waals surface area contributed by atoms with Gasteiger partial charge in [-0.15, -0.1) is 0 Å². The van der Waals surface area contributed by atoms with E-state index in [4.69, 9.17) is 10.3 Å². The average molecular weight is 287 g/mol. The molecule has 0 saturated carbocycles. The Kier molecular flexibility index (Phi) is 4.75. The first-order chi connectivity index (χ1) is 10.0. The third kappa shape index (κ3) is 3.49. The topological polar surface area (TPSA) is 72.4 Å². The van der Waals surface area contributed by atoms with Crippen molar-refractivity contribution in [3.8, 4) is 0 Å². The van der Waals surface area contributed by atoms with Crippen LogP contribution < -0.4 is 5.73 Å². The summed E-state index contributed by atoms with van der Waals surface area (Å²) in [4.78, 5) is 14.1. The van der Waals surface area contributed by atoms with Crippen LogP contribution in [0, 0.1) is 13.8 Å². The highest BCUT2D eigenvalue weighted by Gasteiger charge is 2.16. The van der Waals surface area contributed by atoms with Gasteiger partial charge in [-0.25, -0.2) is 0 Å². The molecule has 21 heavy (non-hydrogen) atoms. The second kappa shape index (κ2) is 6.54. The molecule has 0 aliphatic heterocycles. The van der Waals surface area contributed by atoms with Gasteiger partial charge in [0.1, 0.15) is 5.76 Å². The van der Waals surface area contributed by atoms with Crippen LogP contribution in [0.1, 0.15) is 28.1 Å². The van der Waals surface area contributed by atoms with Crippen LogP contribution in [-0.2, 0) is 24.3 Å². The van der Waals surface area contributed by atoms with Crippen LogP contribution >= 0.6 is 0 Å². The minimum absolute atomic E-state index is 0.0518. The van der Waals surface area contributed by atoms with Gasteiger partial charge < -0.3 is 15.2 Å². The number of likely N-dealkylation sites (N-methyl/N-ethyl adjacent to an activating group) is 1. The Hall–Kier alpha value is -2.14. The molecule has 0 spiro atoms. The molecule has 0 aliphatic carbocycles. The molecule has 2 N–H and O–H groups in total. The van der Waals surface area contributed by atoms with Crippen LogP contribution in [0.3, 0.4) is 0 Å². The van der Waals surface area contributed by atoms with E-state index in [1.54, 1.807) is 11.9 Å². The van der Waals surface area contributed by atoms with Crippen LogP contribution in [0.15, 0.2) is 28.8 Å². The summed E-state index contributed by atoms with van der Waals surface area (Å²) in [6.45, 7) is 4.69. The van der Waals surface area contributed by atoms with Crippen molar-refractivity contribution >= 4 is 5.91 Å². The van der Waals surface area contributed by atoms with Gasteiger partial charge >= 0.3 is 0 Å². The van der Waals surface area contributed by atoms with Crippen LogP contribution in [0.25, 0.3) is 0 Å². The summed E-state index contributed by atoms with van der Waals surface area (Å²) in [5.74, 6) is 0.811. The molecule has 0 aliphatic rings. The summed E-state index contributed by atoms with van der Waals surface area (Å²) in [7, 11) is 1.79. The minimum Gasteiger partial charge on any atom is -0.361 e. The maximum Gasteiger partial charge on any atom is 0.227 e. The predicted molar refractivity (Wildman–Crippen MR) is 80.5 cm³/mol. The van der Waals surface area contributed by atoms with E-state index in [1.165, 1.54) is 0 Å². The molecule has 0 saturated heterocycles. The average Bonchev–Trinajstić information content (AvgIpc) is 2.79. The van der Waals surface area contributed by atoms with E-state index in [2.05, 4.69) is 5.16 Å². The fourth-order valence-corrected chi connectivity index (χ4v) is 2.28. The largest absolute Gasteiger partial charge is 0.361 e. The minimum atomic E-state index is 0.0518. The number of hydrogen-bond acceptors (Lipinski definition) is 4. The smallest absolute Gasteiger partial charge is 0.227 e. The highest BCUT2D eigenvalue weighted by Crippen LogP contribution is 2.16. The maximum atomic E-state index is 12.4. The number of benzene rings is 1. The second-order valence-corrected chi connectivity index (χ2v) is 5.20. The zero-order chi connectivity index (χ0) is 15.4. The molecule has 0 radical (unpaired) electrons. The highest BCUT2D eigenvalue weighted by atomic mass is 16.5. The van der Waals surface area contributed by atoms with E-state index in [0.29, 0.717) is 19.5 Å². The molecule has 5 nitrogen and oxygen atoms in total. The number of nitrogens with two attached hydrogens (primary N) is 1. The van der Waals surface area contributed by atoms with Gasteiger partial charge in [0, 0.05) is 19.2 Å². The van der Waals surface area contributed by atoms with Gasteiger partial charge in [0.25, 0.3) is 0 Å². The summed E-state index contributed by atoms with van der Waals surface area (Å²) in [5.41, 5.74) is 9.50. The fourth-order valence-electron chi connectivity index (χ4n) is 2.28. The fraction of sp³-hybridized carbons (Fsp3) is 0.375. The monoisotopic (exact) mass is 287 g/mol. The lowest BCUT2D eigenvalue weighted by Crippen LogP contribution is -2.28. The molecule has 1 heterocycles. The van der Waals surface area contributed by atoms with Gasteiger partial charge in [0.05, 0.1) is 18.7 Å². The number of aryl methyl sites for hydroxylation is 2. The Morgan fingerprint density at radius 3 is 2.52 bits per heavy atom. The lowest BCUT2D eigenvalue weighted by atomic mass is 10.0. The molecule has 1 amide bonds. The number of carbonyl (C=O) groups excluding carboxylic acids is 1. The Bertz CT molecular complexity index is 615. The van der Waals surface area contributed by atoms with E-state index in [9.17, 15) is 4.79 Å². The third-order valence-corrected chi connectivity index (χ3v) is 3.68. The molecular formula is C16H21N3O2. The predicted octanol–water partition coefficient (Wildman–Crippen LogP) is 1.95. The van der Waals surface area contributed by atoms with Gasteiger partial charge in [-0.3, -0.25) is 4.79 Å². The van der Waals surface area contributed by atoms with E-state index < -0.39 is 0 Å². The zero-order valence-corrected chi connectivity index (χ0v) is 12.7. The first kappa shape index (κ1) is 15.3. The number of aromatic nitrogens is 1. The van der Waals surface area contributed by atoms with Gasteiger partial charge in [-0.2, -0.15) is 0 Å². The highest BCUT2D eigenvalue weighted by molar-refractivity contribution is 5.79. The van der Waals surface area contributed by atoms with Crippen molar-refractivity contribution in [3.05, 3.63) is 52.4 Å². The summed E-state index contributed by atoms with van der Waals surface area (Å²) in [6.07, 6.45) is 0.354. The summed E-state index contributed by atoms with van der Waals surface area (Å²) < 4.78 is 5.13. The lowest BCUT2D eigenvalue weighted by Gasteiger charge is -2.18. The standard InChI is InChI=1S/C16H21N3O2/c1-11-15(12(2)21-18-11)10-19(3)16(20)8-13-6-4-5-7-14(13)9-17/h4-7H,8-10,17H2,1-3H3. The normalized spacial score (nSPS) is 10.7. The van der Waals surface area contributed by atoms with Gasteiger partial charge in [-0.1, -0.05) is 29.4 Å². The van der Waals surface area contributed by atoms with Crippen molar-refractivity contribution in [1.29, 1.82) is 0 Å². The Balaban J connectivity index is 2.06. The first-order valence-electron chi connectivity index (χ1n) is 6.95. The molecule has 1 aromatic carbocycles. The lowest BCUT2D eigenvalue weighted by molar-refractivity contribution is -0.129. The number of rotatable bonds is 5. The molecule has 1 aromatic heterocycles. The second-order valence-electron chi connectivity index (χ2n) is 5.20. The number of hydrogen-bond donors (Lipinski definition) is 1. The Labute approximate surface area is 124 Å². The van der Waals surface area contributed by atoms with Gasteiger partial charge in [0.2, 0.25) is 5.91 Å². The van der Waals surface area contributed by atoms with Crippen LogP contribution in [-0.4, -0.2) is 23.0 Å². The molecule has 5 heteroatoms. The van der Waals surface area contributed by atoms with E-state index in [1.807, 2.05) is 38.1 Å². The van der Waals surface area contributed by atoms with E-state index >= 15 is 0 Å². The summed E-state index contributed by atoms with van der Waals surface area (Å²) in [6, 6.07) is 7.76. The molecule has 0 bridgehead atoms. The zero-order valence-electron chi connectivity index (χ0n) is 12.7. The molecule has 112 valence electrons. The maximum absolute atomic E-state index is 12.4. The van der Waals surface area contributed by atoms with Gasteiger partial charge in [-0.05, 0) is 25.0 Å². The Morgan fingerprint density at radius 2 is 1.95 bits per heavy atom. The molecule has 2 aromatic rings. The Morgan fingerprint density at radius 1 is 1.29 bits per heavy atom.